The van der Waals surface area contributed by atoms with Gasteiger partial charge in [-0.05, 0) is 37.8 Å². The molecule has 3 fully saturated rings. The van der Waals surface area contributed by atoms with E-state index in [4.69, 9.17) is 0 Å². The Kier molecular flexibility index (Phi) is 3.76. The molecule has 0 saturated heterocycles. The average molecular weight is 246 g/mol. The van der Waals surface area contributed by atoms with Crippen LogP contribution in [0.5, 0.6) is 0 Å². The second-order valence-corrected chi connectivity index (χ2v) is 6.33. The summed E-state index contributed by atoms with van der Waals surface area (Å²) in [5, 5.41) is 0. The van der Waals surface area contributed by atoms with Crippen molar-refractivity contribution < 1.29 is 4.79 Å². The van der Waals surface area contributed by atoms with E-state index < -0.39 is 0 Å². The Balaban J connectivity index is 0.00000128. The predicted octanol–water partition coefficient (Wildman–Crippen LogP) is 2.47. The minimum Gasteiger partial charge on any atom is -0.309 e. The van der Waals surface area contributed by atoms with E-state index in [0.29, 0.717) is 23.0 Å². The van der Waals surface area contributed by atoms with Crippen LogP contribution in [-0.4, -0.2) is 31.3 Å². The molecule has 3 saturated carbocycles. The van der Waals surface area contributed by atoms with Gasteiger partial charge >= 0.3 is 0 Å². The fourth-order valence-corrected chi connectivity index (χ4v) is 3.87. The Labute approximate surface area is 105 Å². The summed E-state index contributed by atoms with van der Waals surface area (Å²) >= 11 is 0. The largest absolute Gasteiger partial charge is 0.309 e. The molecule has 4 atom stereocenters. The maximum Gasteiger partial charge on any atom is 0.140 e. The summed E-state index contributed by atoms with van der Waals surface area (Å²) in [6.45, 7) is 7.76. The quantitative estimate of drug-likeness (QED) is 0.745. The smallest absolute Gasteiger partial charge is 0.140 e. The topological polar surface area (TPSA) is 20.3 Å². The number of carbonyl (C=O) groups excluding carboxylic acids is 1. The first-order valence-electron chi connectivity index (χ1n) is 6.04. The monoisotopic (exact) mass is 245 g/mol. The van der Waals surface area contributed by atoms with Gasteiger partial charge in [0.1, 0.15) is 5.78 Å². The van der Waals surface area contributed by atoms with E-state index in [1.165, 1.54) is 6.42 Å². The molecule has 3 aliphatic rings. The minimum atomic E-state index is 0. The molecule has 0 aromatic rings. The van der Waals surface area contributed by atoms with Gasteiger partial charge in [-0.3, -0.25) is 4.79 Å². The summed E-state index contributed by atoms with van der Waals surface area (Å²) in [5.74, 6) is 2.37. The number of Topliss-reactive ketones (excluding diaryl/α,β-unsaturated/α-hetero) is 1. The van der Waals surface area contributed by atoms with E-state index in [1.807, 2.05) is 0 Å². The van der Waals surface area contributed by atoms with Crippen LogP contribution in [0.1, 0.15) is 27.2 Å². The molecule has 0 amide bonds. The van der Waals surface area contributed by atoms with Crippen molar-refractivity contribution in [1.29, 1.82) is 0 Å². The van der Waals surface area contributed by atoms with Crippen LogP contribution in [0.25, 0.3) is 0 Å². The third-order valence-corrected chi connectivity index (χ3v) is 4.88. The lowest BCUT2D eigenvalue weighted by Gasteiger charge is -2.62. The molecule has 94 valence electrons. The lowest BCUT2D eigenvalue weighted by Crippen LogP contribution is -2.61. The predicted molar refractivity (Wildman–Crippen MR) is 68.8 cm³/mol. The molecule has 3 heteroatoms. The third kappa shape index (κ3) is 1.80. The fourth-order valence-electron chi connectivity index (χ4n) is 3.87. The van der Waals surface area contributed by atoms with E-state index in [9.17, 15) is 4.79 Å². The molecular weight excluding hydrogens is 222 g/mol. The molecule has 0 aromatic carbocycles. The molecule has 16 heavy (non-hydrogen) atoms. The van der Waals surface area contributed by atoms with Crippen LogP contribution >= 0.6 is 12.4 Å². The second kappa shape index (κ2) is 4.30. The van der Waals surface area contributed by atoms with Crippen LogP contribution in [0.15, 0.2) is 0 Å². The summed E-state index contributed by atoms with van der Waals surface area (Å²) in [7, 11) is 4.13. The lowest BCUT2D eigenvalue weighted by molar-refractivity contribution is -0.169. The Hall–Kier alpha value is -0.0800. The first kappa shape index (κ1) is 14.0. The van der Waals surface area contributed by atoms with Gasteiger partial charge in [0.2, 0.25) is 0 Å². The van der Waals surface area contributed by atoms with Gasteiger partial charge in [-0.15, -0.1) is 12.4 Å². The molecule has 0 radical (unpaired) electrons. The van der Waals surface area contributed by atoms with Gasteiger partial charge in [0.15, 0.2) is 0 Å². The molecule has 4 unspecified atom stereocenters. The summed E-state index contributed by atoms with van der Waals surface area (Å²) in [5.41, 5.74) is 0.397. The van der Waals surface area contributed by atoms with Crippen molar-refractivity contribution in [1.82, 2.24) is 4.90 Å². The number of rotatable bonds is 2. The van der Waals surface area contributed by atoms with Crippen LogP contribution in [0, 0.1) is 29.1 Å². The molecule has 0 aromatic heterocycles. The summed E-state index contributed by atoms with van der Waals surface area (Å²) < 4.78 is 0. The first-order chi connectivity index (χ1) is 6.85. The summed E-state index contributed by atoms with van der Waals surface area (Å²) in [6.07, 6.45) is 1.28. The Morgan fingerprint density at radius 3 is 2.31 bits per heavy atom. The highest BCUT2D eigenvalue weighted by atomic mass is 35.5. The summed E-state index contributed by atoms with van der Waals surface area (Å²) in [6, 6.07) is 0. The first-order valence-corrected chi connectivity index (χ1v) is 6.04. The molecule has 3 rings (SSSR count). The maximum absolute atomic E-state index is 12.2. The molecule has 2 bridgehead atoms. The van der Waals surface area contributed by atoms with Crippen LogP contribution < -0.4 is 0 Å². The Morgan fingerprint density at radius 2 is 1.88 bits per heavy atom. The van der Waals surface area contributed by atoms with Crippen LogP contribution in [-0.2, 0) is 4.79 Å². The van der Waals surface area contributed by atoms with E-state index in [-0.39, 0.29) is 24.2 Å². The van der Waals surface area contributed by atoms with Crippen molar-refractivity contribution >= 4 is 18.2 Å². The van der Waals surface area contributed by atoms with E-state index >= 15 is 0 Å². The number of nitrogens with zero attached hydrogens (tertiary/aromatic N) is 1. The van der Waals surface area contributed by atoms with Crippen molar-refractivity contribution in [3.63, 3.8) is 0 Å². The number of fused-ring (bicyclic) bond motifs is 2. The standard InChI is InChI=1S/C13H23NO.ClH/c1-8-10-6-11(13(10,2)3)9(12(8)15)7-14(4)5;/h8-11H,6-7H2,1-5H3;1H. The van der Waals surface area contributed by atoms with E-state index in [2.05, 4.69) is 39.8 Å². The molecule has 0 heterocycles. The van der Waals surface area contributed by atoms with Crippen LogP contribution in [0.2, 0.25) is 0 Å². The zero-order valence-corrected chi connectivity index (χ0v) is 11.8. The molecule has 3 aliphatic carbocycles. The lowest BCUT2D eigenvalue weighted by atomic mass is 9.42. The van der Waals surface area contributed by atoms with Gasteiger partial charge in [0.25, 0.3) is 0 Å². The minimum absolute atomic E-state index is 0. The Morgan fingerprint density at radius 1 is 1.31 bits per heavy atom. The highest BCUT2D eigenvalue weighted by Gasteiger charge is 2.60. The highest BCUT2D eigenvalue weighted by molar-refractivity contribution is 5.86. The number of ketones is 1. The third-order valence-electron chi connectivity index (χ3n) is 4.88. The fraction of sp³-hybridized carbons (Fsp3) is 0.923. The van der Waals surface area contributed by atoms with E-state index in [1.54, 1.807) is 0 Å². The van der Waals surface area contributed by atoms with Gasteiger partial charge in [-0.25, -0.2) is 0 Å². The van der Waals surface area contributed by atoms with Gasteiger partial charge in [0, 0.05) is 18.4 Å². The van der Waals surface area contributed by atoms with Crippen molar-refractivity contribution in [2.24, 2.45) is 29.1 Å². The second-order valence-electron chi connectivity index (χ2n) is 6.33. The van der Waals surface area contributed by atoms with Crippen molar-refractivity contribution in [3.8, 4) is 0 Å². The van der Waals surface area contributed by atoms with Crippen molar-refractivity contribution in [2.75, 3.05) is 20.6 Å². The maximum atomic E-state index is 12.2. The molecular formula is C13H24ClNO. The van der Waals surface area contributed by atoms with Gasteiger partial charge < -0.3 is 4.90 Å². The Bertz CT molecular complexity index is 288. The average Bonchev–Trinajstić information content (AvgIpc) is 2.10. The number of halogens is 1. The normalized spacial score (nSPS) is 40.2. The highest BCUT2D eigenvalue weighted by Crippen LogP contribution is 2.62. The number of carbonyl (C=O) groups is 1. The number of hydrogen-bond donors (Lipinski definition) is 0. The van der Waals surface area contributed by atoms with Crippen molar-refractivity contribution in [2.45, 2.75) is 27.2 Å². The van der Waals surface area contributed by atoms with Gasteiger partial charge in [0.05, 0.1) is 0 Å². The van der Waals surface area contributed by atoms with Crippen LogP contribution in [0.3, 0.4) is 0 Å². The zero-order chi connectivity index (χ0) is 11.4. The summed E-state index contributed by atoms with van der Waals surface area (Å²) in [4.78, 5) is 14.3. The zero-order valence-electron chi connectivity index (χ0n) is 11.0. The molecule has 0 aliphatic heterocycles. The van der Waals surface area contributed by atoms with Gasteiger partial charge in [-0.2, -0.15) is 0 Å². The molecule has 2 nitrogen and oxygen atoms in total. The van der Waals surface area contributed by atoms with Crippen LogP contribution in [0.4, 0.5) is 0 Å². The van der Waals surface area contributed by atoms with E-state index in [0.717, 1.165) is 6.54 Å². The SMILES string of the molecule is CC1C(=O)C(CN(C)C)C2CC1C2(C)C.Cl. The van der Waals surface area contributed by atoms with Gasteiger partial charge in [-0.1, -0.05) is 20.8 Å². The molecule has 0 spiro atoms. The van der Waals surface area contributed by atoms with Crippen molar-refractivity contribution in [3.05, 3.63) is 0 Å². The number of hydrogen-bond acceptors (Lipinski definition) is 2. The molecule has 0 N–H and O–H groups in total.